The van der Waals surface area contributed by atoms with Gasteiger partial charge < -0.3 is 6.15 Å². The van der Waals surface area contributed by atoms with E-state index in [0.29, 0.717) is 0 Å². The molecule has 40 valence electrons. The van der Waals surface area contributed by atoms with Gasteiger partial charge in [-0.2, -0.15) is 0 Å². The van der Waals surface area contributed by atoms with Crippen molar-refractivity contribution in [3.05, 3.63) is 0 Å². The van der Waals surface area contributed by atoms with Gasteiger partial charge in [-0.1, -0.05) is 0 Å². The maximum absolute atomic E-state index is 8.87. The van der Waals surface area contributed by atoms with Gasteiger partial charge in [0.25, 0.3) is 0 Å². The monoisotopic (exact) mass is 267 g/mol. The first-order valence-corrected chi connectivity index (χ1v) is 5.72. The summed E-state index contributed by atoms with van der Waals surface area (Å²) in [6.45, 7) is 0. The SMILES string of the molecule is N.[O]=[W](=[O])([OH])[OH]. The van der Waals surface area contributed by atoms with Gasteiger partial charge in [0.2, 0.25) is 0 Å². The second-order valence-electron chi connectivity index (χ2n) is 0.448. The molecule has 6 heavy (non-hydrogen) atoms. The van der Waals surface area contributed by atoms with Crippen molar-refractivity contribution in [1.82, 2.24) is 6.15 Å². The van der Waals surface area contributed by atoms with Crippen molar-refractivity contribution in [3.8, 4) is 0 Å². The number of hydrogen-bond acceptors (Lipinski definition) is 3. The van der Waals surface area contributed by atoms with E-state index in [1.807, 2.05) is 0 Å². The fraction of sp³-hybridized carbons (Fsp3) is 0. The first-order chi connectivity index (χ1) is 2.00. The molecule has 0 aliphatic carbocycles. The van der Waals surface area contributed by atoms with Gasteiger partial charge in [0.05, 0.1) is 0 Å². The summed E-state index contributed by atoms with van der Waals surface area (Å²) in [6, 6.07) is 0. The van der Waals surface area contributed by atoms with E-state index < -0.39 is 16.7 Å². The summed E-state index contributed by atoms with van der Waals surface area (Å²) in [7, 11) is 0. The Morgan fingerprint density at radius 3 is 1.17 bits per heavy atom. The summed E-state index contributed by atoms with van der Waals surface area (Å²) in [5.41, 5.74) is 0. The Balaban J connectivity index is 0. The number of hydrogen-bond donors (Lipinski definition) is 3. The molecule has 0 aromatic carbocycles. The fourth-order valence-corrected chi connectivity index (χ4v) is 0. The van der Waals surface area contributed by atoms with E-state index in [-0.39, 0.29) is 6.15 Å². The zero-order chi connectivity index (χ0) is 4.50. The standard InChI is InChI=1S/H3N.2H2O.2O.W/h1H3;2*1H2;;;/q;;;;;+2/p-2. The Kier molecular flexibility index (Phi) is 3.73. The molecule has 0 aromatic rings. The van der Waals surface area contributed by atoms with Crippen molar-refractivity contribution in [3.63, 3.8) is 0 Å². The van der Waals surface area contributed by atoms with Crippen LogP contribution in [-0.4, -0.2) is 7.52 Å². The van der Waals surface area contributed by atoms with Gasteiger partial charge in [-0.05, 0) is 0 Å². The van der Waals surface area contributed by atoms with Crippen LogP contribution in [0.1, 0.15) is 0 Å². The Morgan fingerprint density at radius 2 is 1.17 bits per heavy atom. The molecule has 0 rings (SSSR count). The van der Waals surface area contributed by atoms with Gasteiger partial charge in [0.1, 0.15) is 0 Å². The molecule has 0 aromatic heterocycles. The molecule has 0 spiro atoms. The van der Waals surface area contributed by atoms with Crippen molar-refractivity contribution in [1.29, 1.82) is 0 Å². The van der Waals surface area contributed by atoms with Crippen molar-refractivity contribution >= 4 is 0 Å². The quantitative estimate of drug-likeness (QED) is 0.511. The first kappa shape index (κ1) is 9.48. The summed E-state index contributed by atoms with van der Waals surface area (Å²) in [6.07, 6.45) is 0. The molecule has 0 amide bonds. The van der Waals surface area contributed by atoms with E-state index in [9.17, 15) is 0 Å². The Hall–Kier alpha value is 0.168. The molecule has 0 saturated heterocycles. The summed E-state index contributed by atoms with van der Waals surface area (Å²) < 4.78 is 32.1. The van der Waals surface area contributed by atoms with Crippen LogP contribution in [0.25, 0.3) is 0 Å². The van der Waals surface area contributed by atoms with E-state index in [1.165, 1.54) is 0 Å². The molecule has 0 fully saturated rings. The van der Waals surface area contributed by atoms with Gasteiger partial charge in [-0.15, -0.1) is 0 Å². The summed E-state index contributed by atoms with van der Waals surface area (Å²) in [5, 5.41) is 0. The summed E-state index contributed by atoms with van der Waals surface area (Å²) >= 11 is -5.67. The Labute approximate surface area is 37.9 Å². The van der Waals surface area contributed by atoms with Crippen molar-refractivity contribution in [2.45, 2.75) is 0 Å². The third-order valence-corrected chi connectivity index (χ3v) is 0. The van der Waals surface area contributed by atoms with Crippen LogP contribution in [0.2, 0.25) is 0 Å². The molecule has 0 radical (unpaired) electrons. The predicted molar refractivity (Wildman–Crippen MR) is 10.8 cm³/mol. The van der Waals surface area contributed by atoms with E-state index in [0.717, 1.165) is 0 Å². The Bertz CT molecular complexity index is 90.7. The molecule has 0 bridgehead atoms. The molecule has 0 aliphatic rings. The van der Waals surface area contributed by atoms with Crippen LogP contribution in [-0.2, 0) is 23.5 Å². The molecular weight excluding hydrogens is 262 g/mol. The zero-order valence-electron chi connectivity index (χ0n) is 2.83. The third-order valence-electron chi connectivity index (χ3n) is 0. The van der Waals surface area contributed by atoms with Crippen LogP contribution in [0.3, 0.4) is 0 Å². The minimum absolute atomic E-state index is 0. The van der Waals surface area contributed by atoms with Gasteiger partial charge in [0.15, 0.2) is 0 Å². The van der Waals surface area contributed by atoms with E-state index in [4.69, 9.17) is 14.3 Å². The van der Waals surface area contributed by atoms with Crippen LogP contribution < -0.4 is 6.15 Å². The molecular formula is H5NO4W. The van der Waals surface area contributed by atoms with Crippen LogP contribution in [0, 0.1) is 0 Å². The molecule has 0 unspecified atom stereocenters. The molecule has 0 aliphatic heterocycles. The Morgan fingerprint density at radius 1 is 1.17 bits per heavy atom. The van der Waals surface area contributed by atoms with E-state index in [1.54, 1.807) is 0 Å². The number of rotatable bonds is 0. The molecule has 0 saturated carbocycles. The maximum atomic E-state index is 8.87. The average molecular weight is 267 g/mol. The van der Waals surface area contributed by atoms with Gasteiger partial charge in [-0.25, -0.2) is 0 Å². The van der Waals surface area contributed by atoms with Crippen molar-refractivity contribution in [2.24, 2.45) is 0 Å². The topological polar surface area (TPSA) is 110 Å². The van der Waals surface area contributed by atoms with Crippen LogP contribution >= 0.6 is 0 Å². The van der Waals surface area contributed by atoms with Gasteiger partial charge in [-0.3, -0.25) is 0 Å². The second-order valence-corrected chi connectivity index (χ2v) is 3.67. The summed E-state index contributed by atoms with van der Waals surface area (Å²) in [4.78, 5) is 0. The molecule has 5 N–H and O–H groups in total. The normalized spacial score (nSPS) is 9.67. The van der Waals surface area contributed by atoms with Crippen LogP contribution in [0.15, 0.2) is 0 Å². The molecule has 5 nitrogen and oxygen atoms in total. The second kappa shape index (κ2) is 2.36. The van der Waals surface area contributed by atoms with Gasteiger partial charge >= 0.3 is 31.1 Å². The molecule has 6 heteroatoms. The van der Waals surface area contributed by atoms with E-state index >= 15 is 0 Å². The zero-order valence-corrected chi connectivity index (χ0v) is 5.76. The summed E-state index contributed by atoms with van der Waals surface area (Å²) in [5.74, 6) is 0. The van der Waals surface area contributed by atoms with Crippen LogP contribution in [0.4, 0.5) is 0 Å². The molecule has 0 atom stereocenters. The third kappa shape index (κ3) is 1480. The van der Waals surface area contributed by atoms with Crippen molar-refractivity contribution < 1.29 is 31.1 Å². The molecule has 0 heterocycles. The van der Waals surface area contributed by atoms with Crippen LogP contribution in [0.5, 0.6) is 0 Å². The predicted octanol–water partition coefficient (Wildman–Crippen LogP) is -1.19. The first-order valence-electron chi connectivity index (χ1n) is 0.698. The van der Waals surface area contributed by atoms with Gasteiger partial charge in [0, 0.05) is 0 Å². The fourth-order valence-electron chi connectivity index (χ4n) is 0. The minimum atomic E-state index is -5.67. The van der Waals surface area contributed by atoms with E-state index in [2.05, 4.69) is 0 Å². The van der Waals surface area contributed by atoms with Crippen molar-refractivity contribution in [2.75, 3.05) is 0 Å². The average Bonchev–Trinajstić information content (AvgIpc) is 0.722.